The maximum atomic E-state index is 14.3. The van der Waals surface area contributed by atoms with E-state index in [0.717, 1.165) is 117 Å². The second-order valence-corrected chi connectivity index (χ2v) is 33.4. The second-order valence-electron chi connectivity index (χ2n) is 33.4. The number of hydrogen-bond donors (Lipinski definition) is 0. The molecule has 0 spiro atoms. The fraction of sp³-hybridized carbons (Fsp3) is 0.553. The monoisotopic (exact) mass is 1480 g/mol. The lowest BCUT2D eigenvalue weighted by Gasteiger charge is -2.37. The Hall–Kier alpha value is -6.76. The van der Waals surface area contributed by atoms with Crippen molar-refractivity contribution in [3.63, 3.8) is 0 Å². The van der Waals surface area contributed by atoms with Crippen LogP contribution in [-0.4, -0.2) is 21.3 Å². The lowest BCUT2D eigenvalue weighted by molar-refractivity contribution is 0.164. The van der Waals surface area contributed by atoms with Crippen LogP contribution in [0.15, 0.2) is 109 Å². The molecule has 0 radical (unpaired) electrons. The maximum Gasteiger partial charge on any atom is 0.201 e. The van der Waals surface area contributed by atoms with Crippen molar-refractivity contribution < 1.29 is 58.1 Å². The molecule has 0 aromatic heterocycles. The number of hydrogen-bond acceptors (Lipinski definition) is 3. The number of benzene rings is 7. The lowest BCUT2D eigenvalue weighted by atomic mass is 9.68. The first kappa shape index (κ1) is 82.7. The van der Waals surface area contributed by atoms with Crippen molar-refractivity contribution in [2.75, 3.05) is 21.3 Å². The van der Waals surface area contributed by atoms with Gasteiger partial charge in [-0.05, 0) is 287 Å². The zero-order valence-corrected chi connectivity index (χ0v) is 65.3. The van der Waals surface area contributed by atoms with Gasteiger partial charge < -0.3 is 14.2 Å². The summed E-state index contributed by atoms with van der Waals surface area (Å²) in [7, 11) is 4.05. The molecule has 0 unspecified atom stereocenters. The predicted molar refractivity (Wildman–Crippen MR) is 415 cm³/mol. The van der Waals surface area contributed by atoms with Crippen LogP contribution in [0.3, 0.4) is 0 Å². The lowest BCUT2D eigenvalue weighted by Crippen LogP contribution is -2.25. The molecular formula is C94H118F10O3. The Labute approximate surface area is 633 Å². The number of ether oxygens (including phenoxy) is 3. The molecule has 0 saturated heterocycles. The Morgan fingerprint density at radius 3 is 0.776 bits per heavy atom. The highest BCUT2D eigenvalue weighted by Crippen LogP contribution is 2.48. The van der Waals surface area contributed by atoms with E-state index in [9.17, 15) is 43.9 Å². The van der Waals surface area contributed by atoms with Crippen LogP contribution in [-0.2, 0) is 0 Å². The average Bonchev–Trinajstić information content (AvgIpc) is 0.833. The average molecular weight is 1490 g/mol. The molecule has 0 heterocycles. The van der Waals surface area contributed by atoms with Crippen molar-refractivity contribution in [1.29, 1.82) is 0 Å². The summed E-state index contributed by atoms with van der Waals surface area (Å²) < 4.78 is 154. The Kier molecular flexibility index (Phi) is 30.3. The van der Waals surface area contributed by atoms with E-state index in [-0.39, 0.29) is 40.6 Å². The summed E-state index contributed by atoms with van der Waals surface area (Å²) in [5.74, 6) is 1.49. The van der Waals surface area contributed by atoms with Crippen molar-refractivity contribution in [2.24, 2.45) is 53.3 Å². The first-order valence-electron chi connectivity index (χ1n) is 40.6. The molecule has 0 aliphatic heterocycles. The minimum atomic E-state index is -0.935. The SMILES string of the molecule is COc1ccc(-c2ccc(C3CCC(C)CC3)cc2)c(F)c1F.COc1ccc(C2CCC(C)CC2)c(F)c1F.COc1ccc(C2CCC(C3CCC(C)CC3)CC2)c(F)c1F.Cc1ccc(-c2ccc(C3CCC(C)CC3)cc2)c(F)c1F.Cc1ccc(C2CCC(C3CCC(C)CC3)CC2)c(F)c1F. The highest BCUT2D eigenvalue weighted by molar-refractivity contribution is 5.66. The Morgan fingerprint density at radius 1 is 0.224 bits per heavy atom. The second kappa shape index (κ2) is 39.2. The van der Waals surface area contributed by atoms with Gasteiger partial charge in [0, 0.05) is 11.1 Å². The largest absolute Gasteiger partial charge is 0.494 e. The molecule has 0 bridgehead atoms. The van der Waals surface area contributed by atoms with Crippen LogP contribution in [0.25, 0.3) is 22.3 Å². The molecule has 13 heteroatoms. The van der Waals surface area contributed by atoms with E-state index < -0.39 is 58.2 Å². The van der Waals surface area contributed by atoms with Gasteiger partial charge in [-0.1, -0.05) is 184 Å². The highest BCUT2D eigenvalue weighted by Gasteiger charge is 2.35. The number of halogens is 10. The quantitative estimate of drug-likeness (QED) is 0.114. The van der Waals surface area contributed by atoms with E-state index in [1.165, 1.54) is 160 Å². The number of rotatable bonds is 12. The molecule has 14 rings (SSSR count). The molecule has 0 N–H and O–H groups in total. The molecule has 107 heavy (non-hydrogen) atoms. The maximum absolute atomic E-state index is 14.3. The van der Waals surface area contributed by atoms with E-state index in [2.05, 4.69) is 58.9 Å². The zero-order chi connectivity index (χ0) is 76.6. The summed E-state index contributed by atoms with van der Waals surface area (Å²) >= 11 is 0. The Morgan fingerprint density at radius 2 is 0.449 bits per heavy atom. The number of methoxy groups -OCH3 is 3. The van der Waals surface area contributed by atoms with Crippen LogP contribution in [0.2, 0.25) is 0 Å². The van der Waals surface area contributed by atoms with Gasteiger partial charge in [0.05, 0.1) is 21.3 Å². The molecule has 7 fully saturated rings. The van der Waals surface area contributed by atoms with Crippen molar-refractivity contribution in [1.82, 2.24) is 0 Å². The summed E-state index contributed by atoms with van der Waals surface area (Å²) in [6, 6.07) is 32.2. The van der Waals surface area contributed by atoms with E-state index in [1.807, 2.05) is 24.3 Å². The third kappa shape index (κ3) is 21.2. The van der Waals surface area contributed by atoms with Gasteiger partial charge >= 0.3 is 0 Å². The number of aryl methyl sites for hydroxylation is 2. The third-order valence-corrected chi connectivity index (χ3v) is 26.2. The molecule has 0 amide bonds. The first-order chi connectivity index (χ1) is 51.4. The van der Waals surface area contributed by atoms with Crippen LogP contribution in [0.4, 0.5) is 43.9 Å². The summed E-state index contributed by atoms with van der Waals surface area (Å²) in [6.45, 7) is 14.8. The van der Waals surface area contributed by atoms with E-state index in [0.29, 0.717) is 56.7 Å². The summed E-state index contributed by atoms with van der Waals surface area (Å²) in [5, 5.41) is 0. The fourth-order valence-corrected chi connectivity index (χ4v) is 18.7. The van der Waals surface area contributed by atoms with E-state index >= 15 is 0 Å². The van der Waals surface area contributed by atoms with Gasteiger partial charge in [0.25, 0.3) is 0 Å². The fourth-order valence-electron chi connectivity index (χ4n) is 18.7. The highest BCUT2D eigenvalue weighted by atomic mass is 19.2. The molecule has 0 atom stereocenters. The van der Waals surface area contributed by atoms with Crippen molar-refractivity contribution in [3.8, 4) is 39.5 Å². The zero-order valence-electron chi connectivity index (χ0n) is 65.3. The topological polar surface area (TPSA) is 27.7 Å². The molecule has 3 nitrogen and oxygen atoms in total. The smallest absolute Gasteiger partial charge is 0.201 e. The van der Waals surface area contributed by atoms with Gasteiger partial charge in [-0.3, -0.25) is 0 Å². The molecular weight excluding hydrogens is 1370 g/mol. The van der Waals surface area contributed by atoms with Crippen LogP contribution in [0.5, 0.6) is 17.2 Å². The summed E-state index contributed by atoms with van der Waals surface area (Å²) in [6.07, 6.45) is 33.8. The van der Waals surface area contributed by atoms with Crippen molar-refractivity contribution in [3.05, 3.63) is 206 Å². The first-order valence-corrected chi connectivity index (χ1v) is 40.6. The van der Waals surface area contributed by atoms with Crippen LogP contribution >= 0.6 is 0 Å². The molecule has 7 aromatic carbocycles. The molecule has 7 aliphatic carbocycles. The van der Waals surface area contributed by atoms with Crippen LogP contribution in [0.1, 0.15) is 283 Å². The van der Waals surface area contributed by atoms with Gasteiger partial charge in [-0.25, -0.2) is 30.7 Å². The van der Waals surface area contributed by atoms with E-state index in [4.69, 9.17) is 14.2 Å². The van der Waals surface area contributed by atoms with Gasteiger partial charge in [0.15, 0.2) is 58.0 Å². The minimum Gasteiger partial charge on any atom is -0.494 e. The normalized spacial score (nSPS) is 26.6. The van der Waals surface area contributed by atoms with Crippen molar-refractivity contribution >= 4 is 0 Å². The third-order valence-electron chi connectivity index (χ3n) is 26.2. The van der Waals surface area contributed by atoms with E-state index in [1.54, 1.807) is 62.4 Å². The van der Waals surface area contributed by atoms with Crippen LogP contribution in [0, 0.1) is 125 Å². The van der Waals surface area contributed by atoms with Gasteiger partial charge in [-0.2, -0.15) is 13.2 Å². The van der Waals surface area contributed by atoms with Gasteiger partial charge in [0.2, 0.25) is 17.5 Å². The summed E-state index contributed by atoms with van der Waals surface area (Å²) in [4.78, 5) is 0. The minimum absolute atomic E-state index is 0.00346. The molecule has 7 saturated carbocycles. The summed E-state index contributed by atoms with van der Waals surface area (Å²) in [5.41, 5.74) is 7.08. The van der Waals surface area contributed by atoms with Crippen LogP contribution < -0.4 is 14.2 Å². The Balaban J connectivity index is 0.000000143. The van der Waals surface area contributed by atoms with Gasteiger partial charge in [0.1, 0.15) is 0 Å². The van der Waals surface area contributed by atoms with Gasteiger partial charge in [-0.15, -0.1) is 0 Å². The predicted octanol–water partition coefficient (Wildman–Crippen LogP) is 28.9. The van der Waals surface area contributed by atoms with Crippen molar-refractivity contribution in [2.45, 2.75) is 258 Å². The molecule has 7 aromatic rings. The standard InChI is InChI=1S/C20H28F2O.C20H22F2O.C20H28F2.C20H22F2.C14H18F2O/c2*1-13-3-5-14(6-4-13)15-7-9-16(10-8-15)17-11-12-18(23-2)20(22)19(17)21;2*1-13-3-6-15(7-4-13)16-8-10-17(11-9-16)18-12-5-14(2)19(21)20(18)22;1-9-3-5-10(6-4-9)11-7-8-12(17-2)14(16)13(11)15/h11-16H,3-10H2,1-2H3;7-14H,3-6H2,1-2H3;5,12-13,15-17H,3-4,6-11H2,1-2H3;5,8-13,15H,3-4,6-7H2,1-2H3;7-10H,3-6H2,1-2H3. The molecule has 7 aliphatic rings. The molecule has 582 valence electrons. The Bertz CT molecular complexity index is 3930.